The van der Waals surface area contributed by atoms with Gasteiger partial charge in [0.15, 0.2) is 9.84 Å². The number of carbonyl (C=O) groups excluding carboxylic acids is 1. The van der Waals surface area contributed by atoms with Crippen LogP contribution in [0.25, 0.3) is 0 Å². The first-order chi connectivity index (χ1) is 8.02. The minimum atomic E-state index is -2.81. The molecule has 2 rings (SSSR count). The third kappa shape index (κ3) is 2.98. The molecule has 17 heavy (non-hydrogen) atoms. The number of nitrogens with zero attached hydrogens (tertiary/aromatic N) is 1. The lowest BCUT2D eigenvalue weighted by Gasteiger charge is -2.34. The summed E-state index contributed by atoms with van der Waals surface area (Å²) >= 11 is 0. The summed E-state index contributed by atoms with van der Waals surface area (Å²) < 4.78 is 27.5. The number of hydrogen-bond donors (Lipinski definition) is 0. The molecule has 0 saturated carbocycles. The van der Waals surface area contributed by atoms with Crippen molar-refractivity contribution in [1.82, 2.24) is 4.90 Å². The highest BCUT2D eigenvalue weighted by Gasteiger charge is 2.35. The fourth-order valence-corrected chi connectivity index (χ4v) is 4.49. The summed E-state index contributed by atoms with van der Waals surface area (Å²) in [5.41, 5.74) is 0. The number of carbonyl (C=O) groups is 1. The van der Waals surface area contributed by atoms with Crippen LogP contribution in [-0.4, -0.2) is 57.0 Å². The number of hydrogen-bond acceptors (Lipinski definition) is 5. The van der Waals surface area contributed by atoms with E-state index in [4.69, 9.17) is 4.74 Å². The van der Waals surface area contributed by atoms with Gasteiger partial charge in [-0.05, 0) is 32.4 Å². The van der Waals surface area contributed by atoms with Gasteiger partial charge in [-0.2, -0.15) is 0 Å². The Morgan fingerprint density at radius 1 is 1.24 bits per heavy atom. The van der Waals surface area contributed by atoms with Gasteiger partial charge >= 0.3 is 5.97 Å². The summed E-state index contributed by atoms with van der Waals surface area (Å²) in [6.07, 6.45) is 2.30. The topological polar surface area (TPSA) is 63.7 Å². The van der Waals surface area contributed by atoms with Crippen molar-refractivity contribution in [3.8, 4) is 0 Å². The maximum absolute atomic E-state index is 11.4. The zero-order valence-electron chi connectivity index (χ0n) is 10.1. The fourth-order valence-electron chi connectivity index (χ4n) is 2.73. The molecule has 5 nitrogen and oxygen atoms in total. The first kappa shape index (κ1) is 12.8. The molecule has 0 aliphatic carbocycles. The summed E-state index contributed by atoms with van der Waals surface area (Å²) in [5.74, 6) is 0.461. The normalized spacial score (nSPS) is 30.3. The molecular formula is C11H19NO4S. The molecule has 0 amide bonds. The van der Waals surface area contributed by atoms with E-state index in [1.165, 1.54) is 7.11 Å². The maximum Gasteiger partial charge on any atom is 0.308 e. The lowest BCUT2D eigenvalue weighted by molar-refractivity contribution is -0.147. The molecule has 0 aromatic rings. The van der Waals surface area contributed by atoms with E-state index in [0.29, 0.717) is 5.75 Å². The SMILES string of the molecule is COC(=O)C1CCN(C2CCS(=O)(=O)C2)CC1. The van der Waals surface area contributed by atoms with Crippen molar-refractivity contribution in [3.63, 3.8) is 0 Å². The molecule has 1 atom stereocenters. The summed E-state index contributed by atoms with van der Waals surface area (Å²) in [6, 6.07) is 0.165. The van der Waals surface area contributed by atoms with Crippen LogP contribution in [0.1, 0.15) is 19.3 Å². The standard InChI is InChI=1S/C11H19NO4S/c1-16-11(13)9-2-5-12(6-3-9)10-4-7-17(14,15)8-10/h9-10H,2-8H2,1H3. The predicted octanol–water partition coefficient (Wildman–Crippen LogP) is 0.0585. The minimum absolute atomic E-state index is 0.00531. The van der Waals surface area contributed by atoms with Crippen molar-refractivity contribution in [2.45, 2.75) is 25.3 Å². The molecule has 2 aliphatic heterocycles. The van der Waals surface area contributed by atoms with Crippen LogP contribution in [0.3, 0.4) is 0 Å². The van der Waals surface area contributed by atoms with Gasteiger partial charge in [-0.3, -0.25) is 9.69 Å². The molecule has 0 N–H and O–H groups in total. The largest absolute Gasteiger partial charge is 0.469 e. The Labute approximate surface area is 102 Å². The second kappa shape index (κ2) is 4.94. The molecule has 0 bridgehead atoms. The molecule has 0 aromatic carbocycles. The van der Waals surface area contributed by atoms with Crippen LogP contribution >= 0.6 is 0 Å². The second-order valence-electron chi connectivity index (χ2n) is 4.89. The lowest BCUT2D eigenvalue weighted by atomic mass is 9.96. The van der Waals surface area contributed by atoms with Crippen molar-refractivity contribution < 1.29 is 17.9 Å². The number of piperidine rings is 1. The van der Waals surface area contributed by atoms with Crippen molar-refractivity contribution in [2.75, 3.05) is 31.7 Å². The highest BCUT2D eigenvalue weighted by atomic mass is 32.2. The molecule has 6 heteroatoms. The average molecular weight is 261 g/mol. The molecule has 98 valence electrons. The number of rotatable bonds is 2. The number of esters is 1. The average Bonchev–Trinajstić information content (AvgIpc) is 2.69. The van der Waals surface area contributed by atoms with Crippen LogP contribution < -0.4 is 0 Å². The van der Waals surface area contributed by atoms with Crippen LogP contribution in [-0.2, 0) is 19.4 Å². The Morgan fingerprint density at radius 3 is 2.35 bits per heavy atom. The van der Waals surface area contributed by atoms with Gasteiger partial charge in [-0.25, -0.2) is 8.42 Å². The molecule has 2 heterocycles. The molecule has 0 radical (unpaired) electrons. The van der Waals surface area contributed by atoms with Crippen LogP contribution in [0.5, 0.6) is 0 Å². The maximum atomic E-state index is 11.4. The Kier molecular flexibility index (Phi) is 3.73. The second-order valence-corrected chi connectivity index (χ2v) is 7.12. The number of likely N-dealkylation sites (tertiary alicyclic amines) is 1. The van der Waals surface area contributed by atoms with E-state index >= 15 is 0 Å². The van der Waals surface area contributed by atoms with Gasteiger partial charge in [0.05, 0.1) is 24.5 Å². The van der Waals surface area contributed by atoms with Gasteiger partial charge in [0, 0.05) is 6.04 Å². The minimum Gasteiger partial charge on any atom is -0.469 e. The zero-order valence-corrected chi connectivity index (χ0v) is 10.9. The van der Waals surface area contributed by atoms with Gasteiger partial charge in [0.2, 0.25) is 0 Å². The molecule has 0 aromatic heterocycles. The Morgan fingerprint density at radius 2 is 1.88 bits per heavy atom. The summed E-state index contributed by atoms with van der Waals surface area (Å²) in [7, 11) is -1.40. The first-order valence-electron chi connectivity index (χ1n) is 6.04. The van der Waals surface area contributed by atoms with Crippen molar-refractivity contribution in [2.24, 2.45) is 5.92 Å². The van der Waals surface area contributed by atoms with E-state index in [1.54, 1.807) is 0 Å². The van der Waals surface area contributed by atoms with Crippen molar-refractivity contribution in [1.29, 1.82) is 0 Å². The Hall–Kier alpha value is -0.620. The van der Waals surface area contributed by atoms with E-state index in [-0.39, 0.29) is 23.7 Å². The Bertz CT molecular complexity index is 384. The van der Waals surface area contributed by atoms with Crippen LogP contribution in [0.15, 0.2) is 0 Å². The van der Waals surface area contributed by atoms with E-state index in [1.807, 2.05) is 0 Å². The van der Waals surface area contributed by atoms with Gasteiger partial charge in [0.1, 0.15) is 0 Å². The van der Waals surface area contributed by atoms with Crippen LogP contribution in [0, 0.1) is 5.92 Å². The smallest absolute Gasteiger partial charge is 0.308 e. The van der Waals surface area contributed by atoms with Crippen molar-refractivity contribution >= 4 is 15.8 Å². The monoisotopic (exact) mass is 261 g/mol. The molecule has 1 unspecified atom stereocenters. The highest BCUT2D eigenvalue weighted by Crippen LogP contribution is 2.24. The molecule has 2 saturated heterocycles. The molecular weight excluding hydrogens is 242 g/mol. The summed E-state index contributed by atoms with van der Waals surface area (Å²) in [6.45, 7) is 1.61. The van der Waals surface area contributed by atoms with E-state index in [9.17, 15) is 13.2 Å². The van der Waals surface area contributed by atoms with Gasteiger partial charge in [-0.15, -0.1) is 0 Å². The third-order valence-corrected chi connectivity index (χ3v) is 5.54. The number of sulfone groups is 1. The first-order valence-corrected chi connectivity index (χ1v) is 7.86. The molecule has 2 aliphatic rings. The quantitative estimate of drug-likeness (QED) is 0.658. The molecule has 2 fully saturated rings. The molecule has 0 spiro atoms. The van der Waals surface area contributed by atoms with Gasteiger partial charge in [-0.1, -0.05) is 0 Å². The van der Waals surface area contributed by atoms with Crippen LogP contribution in [0.4, 0.5) is 0 Å². The van der Waals surface area contributed by atoms with Crippen molar-refractivity contribution in [3.05, 3.63) is 0 Å². The fraction of sp³-hybridized carbons (Fsp3) is 0.909. The predicted molar refractivity (Wildman–Crippen MR) is 63.4 cm³/mol. The number of ether oxygens (including phenoxy) is 1. The van der Waals surface area contributed by atoms with Gasteiger partial charge in [0.25, 0.3) is 0 Å². The summed E-state index contributed by atoms with van der Waals surface area (Å²) in [4.78, 5) is 13.6. The third-order valence-electron chi connectivity index (χ3n) is 3.79. The van der Waals surface area contributed by atoms with E-state index < -0.39 is 9.84 Å². The van der Waals surface area contributed by atoms with Crippen LogP contribution in [0.2, 0.25) is 0 Å². The lowest BCUT2D eigenvalue weighted by Crippen LogP contribution is -2.43. The summed E-state index contributed by atoms with van der Waals surface area (Å²) in [5, 5.41) is 0. The number of methoxy groups -OCH3 is 1. The Balaban J connectivity index is 1.86. The highest BCUT2D eigenvalue weighted by molar-refractivity contribution is 7.91. The van der Waals surface area contributed by atoms with E-state index in [0.717, 1.165) is 32.4 Å². The van der Waals surface area contributed by atoms with E-state index in [2.05, 4.69) is 4.90 Å². The zero-order chi connectivity index (χ0) is 12.5. The van der Waals surface area contributed by atoms with Gasteiger partial charge < -0.3 is 4.74 Å².